The lowest BCUT2D eigenvalue weighted by Gasteiger charge is -2.24. The summed E-state index contributed by atoms with van der Waals surface area (Å²) < 4.78 is 0. The molecule has 0 unspecified atom stereocenters. The van der Waals surface area contributed by atoms with E-state index < -0.39 is 0 Å². The van der Waals surface area contributed by atoms with Crippen molar-refractivity contribution in [2.24, 2.45) is 0 Å². The van der Waals surface area contributed by atoms with Crippen LogP contribution in [0.5, 0.6) is 0 Å². The Morgan fingerprint density at radius 1 is 0.708 bits per heavy atom. The summed E-state index contributed by atoms with van der Waals surface area (Å²) in [6.45, 7) is 1.59. The van der Waals surface area contributed by atoms with Gasteiger partial charge in [-0.3, -0.25) is 4.90 Å². The Hall–Kier alpha value is -2.48. The molecular formula is C23H23N. The summed E-state index contributed by atoms with van der Waals surface area (Å²) in [7, 11) is 0. The van der Waals surface area contributed by atoms with Gasteiger partial charge in [-0.05, 0) is 37.1 Å². The molecule has 0 spiro atoms. The molecule has 0 aliphatic heterocycles. The predicted molar refractivity (Wildman–Crippen MR) is 100 cm³/mol. The Balaban J connectivity index is 1.63. The lowest BCUT2D eigenvalue weighted by molar-refractivity contribution is 0.251. The van der Waals surface area contributed by atoms with Crippen LogP contribution in [0.15, 0.2) is 60.7 Å². The highest BCUT2D eigenvalue weighted by atomic mass is 15.1. The standard InChI is InChI=1S/C23H23N/c1-3-11-21(12-4-1)15-9-19-24(23-17-7-8-18-23)20-10-16-22-13-5-2-6-14-22/h1-6,11-14,23H,7-8,17-20H2. The molecule has 0 amide bonds. The summed E-state index contributed by atoms with van der Waals surface area (Å²) in [6, 6.07) is 21.0. The first-order valence-corrected chi connectivity index (χ1v) is 8.74. The fraction of sp³-hybridized carbons (Fsp3) is 0.304. The maximum absolute atomic E-state index is 3.34. The Morgan fingerprint density at radius 3 is 1.62 bits per heavy atom. The van der Waals surface area contributed by atoms with Gasteiger partial charge in [-0.15, -0.1) is 0 Å². The van der Waals surface area contributed by atoms with Gasteiger partial charge in [0.2, 0.25) is 0 Å². The van der Waals surface area contributed by atoms with Crippen LogP contribution < -0.4 is 0 Å². The third-order valence-corrected chi connectivity index (χ3v) is 4.42. The van der Waals surface area contributed by atoms with Crippen LogP contribution in [0.2, 0.25) is 0 Å². The summed E-state index contributed by atoms with van der Waals surface area (Å²) in [5.74, 6) is 13.2. The Morgan fingerprint density at radius 2 is 1.17 bits per heavy atom. The Labute approximate surface area is 145 Å². The molecule has 3 rings (SSSR count). The second kappa shape index (κ2) is 8.97. The molecule has 0 aromatic heterocycles. The topological polar surface area (TPSA) is 3.24 Å². The molecule has 1 saturated carbocycles. The van der Waals surface area contributed by atoms with Gasteiger partial charge in [-0.25, -0.2) is 0 Å². The minimum absolute atomic E-state index is 0.639. The third kappa shape index (κ3) is 5.02. The molecule has 0 bridgehead atoms. The first kappa shape index (κ1) is 16.4. The molecule has 1 nitrogen and oxygen atoms in total. The zero-order valence-electron chi connectivity index (χ0n) is 14.0. The van der Waals surface area contributed by atoms with Crippen LogP contribution in [-0.4, -0.2) is 24.0 Å². The molecule has 1 aliphatic rings. The van der Waals surface area contributed by atoms with Crippen molar-refractivity contribution in [3.63, 3.8) is 0 Å². The average molecular weight is 313 g/mol. The van der Waals surface area contributed by atoms with Crippen LogP contribution in [0.4, 0.5) is 0 Å². The molecule has 0 radical (unpaired) electrons. The largest absolute Gasteiger partial charge is 0.278 e. The van der Waals surface area contributed by atoms with E-state index in [2.05, 4.69) is 52.8 Å². The second-order valence-corrected chi connectivity index (χ2v) is 6.18. The molecule has 1 aliphatic carbocycles. The van der Waals surface area contributed by atoms with Gasteiger partial charge < -0.3 is 0 Å². The summed E-state index contributed by atoms with van der Waals surface area (Å²) in [4.78, 5) is 2.44. The maximum atomic E-state index is 3.34. The van der Waals surface area contributed by atoms with Crippen molar-refractivity contribution >= 4 is 0 Å². The fourth-order valence-corrected chi connectivity index (χ4v) is 3.11. The Bertz CT molecular complexity index is 675. The molecule has 0 saturated heterocycles. The zero-order chi connectivity index (χ0) is 16.5. The van der Waals surface area contributed by atoms with E-state index in [9.17, 15) is 0 Å². The van der Waals surface area contributed by atoms with Crippen LogP contribution in [0.25, 0.3) is 0 Å². The molecule has 24 heavy (non-hydrogen) atoms. The molecule has 0 heterocycles. The van der Waals surface area contributed by atoms with Crippen molar-refractivity contribution in [3.8, 4) is 23.7 Å². The highest BCUT2D eigenvalue weighted by Gasteiger charge is 2.20. The monoisotopic (exact) mass is 313 g/mol. The van der Waals surface area contributed by atoms with Crippen molar-refractivity contribution in [1.82, 2.24) is 4.90 Å². The summed E-state index contributed by atoms with van der Waals surface area (Å²) in [6.07, 6.45) is 5.22. The van der Waals surface area contributed by atoms with E-state index in [4.69, 9.17) is 0 Å². The van der Waals surface area contributed by atoms with E-state index in [-0.39, 0.29) is 0 Å². The van der Waals surface area contributed by atoms with Crippen LogP contribution in [0.3, 0.4) is 0 Å². The number of nitrogens with zero attached hydrogens (tertiary/aromatic N) is 1. The number of hydrogen-bond acceptors (Lipinski definition) is 1. The number of rotatable bonds is 3. The van der Waals surface area contributed by atoms with Crippen molar-refractivity contribution in [2.45, 2.75) is 31.7 Å². The van der Waals surface area contributed by atoms with Gasteiger partial charge in [0.15, 0.2) is 0 Å². The smallest absolute Gasteiger partial charge is 0.0616 e. The first-order chi connectivity index (χ1) is 11.9. The van der Waals surface area contributed by atoms with E-state index in [1.807, 2.05) is 36.4 Å². The van der Waals surface area contributed by atoms with Crippen molar-refractivity contribution in [2.75, 3.05) is 13.1 Å². The normalized spacial score (nSPS) is 13.9. The molecule has 2 aromatic rings. The van der Waals surface area contributed by atoms with E-state index in [1.54, 1.807) is 0 Å². The van der Waals surface area contributed by atoms with Gasteiger partial charge in [-0.1, -0.05) is 72.9 Å². The van der Waals surface area contributed by atoms with Crippen molar-refractivity contribution < 1.29 is 0 Å². The van der Waals surface area contributed by atoms with Gasteiger partial charge in [0.1, 0.15) is 0 Å². The van der Waals surface area contributed by atoms with Gasteiger partial charge in [0, 0.05) is 17.2 Å². The fourth-order valence-electron chi connectivity index (χ4n) is 3.11. The van der Waals surface area contributed by atoms with Gasteiger partial charge in [0.25, 0.3) is 0 Å². The van der Waals surface area contributed by atoms with Gasteiger partial charge in [-0.2, -0.15) is 0 Å². The van der Waals surface area contributed by atoms with Gasteiger partial charge >= 0.3 is 0 Å². The van der Waals surface area contributed by atoms with Crippen LogP contribution in [0.1, 0.15) is 36.8 Å². The van der Waals surface area contributed by atoms with Crippen molar-refractivity contribution in [1.29, 1.82) is 0 Å². The molecule has 1 heteroatoms. The maximum Gasteiger partial charge on any atom is 0.0616 e. The summed E-state index contributed by atoms with van der Waals surface area (Å²) in [5.41, 5.74) is 2.17. The summed E-state index contributed by atoms with van der Waals surface area (Å²) in [5, 5.41) is 0. The highest BCUT2D eigenvalue weighted by Crippen LogP contribution is 2.22. The number of benzene rings is 2. The number of hydrogen-bond donors (Lipinski definition) is 0. The quantitative estimate of drug-likeness (QED) is 0.762. The van der Waals surface area contributed by atoms with Crippen LogP contribution >= 0.6 is 0 Å². The van der Waals surface area contributed by atoms with Crippen molar-refractivity contribution in [3.05, 3.63) is 71.8 Å². The van der Waals surface area contributed by atoms with Crippen LogP contribution in [0, 0.1) is 23.7 Å². The summed E-state index contributed by atoms with van der Waals surface area (Å²) >= 11 is 0. The lowest BCUT2D eigenvalue weighted by atomic mass is 10.2. The van der Waals surface area contributed by atoms with E-state index >= 15 is 0 Å². The van der Waals surface area contributed by atoms with E-state index in [0.29, 0.717) is 6.04 Å². The average Bonchev–Trinajstić information content (AvgIpc) is 3.17. The minimum atomic E-state index is 0.639. The Kier molecular flexibility index (Phi) is 6.12. The minimum Gasteiger partial charge on any atom is -0.278 e. The predicted octanol–water partition coefficient (Wildman–Crippen LogP) is 4.33. The molecule has 1 fully saturated rings. The molecule has 0 N–H and O–H groups in total. The SMILES string of the molecule is C(#Cc1ccccc1)CN(CC#Cc1ccccc1)C1CCCC1. The van der Waals surface area contributed by atoms with Gasteiger partial charge in [0.05, 0.1) is 13.1 Å². The lowest BCUT2D eigenvalue weighted by Crippen LogP contribution is -2.34. The molecule has 2 aromatic carbocycles. The third-order valence-electron chi connectivity index (χ3n) is 4.42. The second-order valence-electron chi connectivity index (χ2n) is 6.18. The highest BCUT2D eigenvalue weighted by molar-refractivity contribution is 5.35. The van der Waals surface area contributed by atoms with Crippen LogP contribution in [-0.2, 0) is 0 Å². The molecular weight excluding hydrogens is 290 g/mol. The first-order valence-electron chi connectivity index (χ1n) is 8.74. The van der Waals surface area contributed by atoms with E-state index in [1.165, 1.54) is 25.7 Å². The molecule has 0 atom stereocenters. The molecule has 120 valence electrons. The zero-order valence-corrected chi connectivity index (χ0v) is 14.0. The van der Waals surface area contributed by atoms with E-state index in [0.717, 1.165) is 24.2 Å².